The van der Waals surface area contributed by atoms with Crippen LogP contribution >= 0.6 is 0 Å². The van der Waals surface area contributed by atoms with Gasteiger partial charge < -0.3 is 46.0 Å². The van der Waals surface area contributed by atoms with Gasteiger partial charge in [0.15, 0.2) is 0 Å². The van der Waals surface area contributed by atoms with E-state index < -0.39 is 15.3 Å². The second-order valence-corrected chi connectivity index (χ2v) is 0.671. The van der Waals surface area contributed by atoms with E-state index in [1.807, 2.05) is 0 Å². The Morgan fingerprint density at radius 3 is 0.571 bits per heavy atom. The van der Waals surface area contributed by atoms with Crippen LogP contribution < -0.4 is 51.4 Å². The van der Waals surface area contributed by atoms with Crippen LogP contribution in [-0.4, -0.2) is 15.3 Å². The van der Waals surface area contributed by atoms with Crippen LogP contribution in [-0.2, 0) is 16.5 Å². The first kappa shape index (κ1) is 29.2. The molecule has 12 nitrogen and oxygen atoms in total. The van der Waals surface area contributed by atoms with Crippen LogP contribution in [0.2, 0.25) is 0 Å². The Morgan fingerprint density at radius 2 is 0.571 bits per heavy atom. The molecule has 0 aliphatic heterocycles. The minimum absolute atomic E-state index is 0. The number of rotatable bonds is 0. The third-order valence-electron chi connectivity index (χ3n) is 0. The van der Waals surface area contributed by atoms with Gasteiger partial charge in [0.2, 0.25) is 0 Å². The van der Waals surface area contributed by atoms with Gasteiger partial charge in [0.1, 0.15) is 0 Å². The van der Waals surface area contributed by atoms with Crippen molar-refractivity contribution >= 4 is 0 Å². The average Bonchev–Trinajstić information content (AvgIpc) is 1.54. The van der Waals surface area contributed by atoms with Crippen molar-refractivity contribution in [3.8, 4) is 0 Å². The molecule has 0 amide bonds. The van der Waals surface area contributed by atoms with E-state index in [1.54, 1.807) is 0 Å². The standard InChI is InChI=1S/K.3NO3.Ni/c;3*2-1(3)4;/q+1;3*-1;+2. The molecule has 0 fully saturated rings. The molecule has 80 valence electrons. The van der Waals surface area contributed by atoms with Crippen LogP contribution in [0.25, 0.3) is 0 Å². The van der Waals surface area contributed by atoms with E-state index in [2.05, 4.69) is 0 Å². The predicted molar refractivity (Wildman–Crippen MR) is 31.1 cm³/mol. The molecule has 0 aliphatic carbocycles. The van der Waals surface area contributed by atoms with Crippen molar-refractivity contribution in [3.63, 3.8) is 0 Å². The molecule has 0 atom stereocenters. The summed E-state index contributed by atoms with van der Waals surface area (Å²) < 4.78 is 0. The Balaban J connectivity index is -0.0000000270. The van der Waals surface area contributed by atoms with Gasteiger partial charge in [-0.1, -0.05) is 0 Å². The quantitative estimate of drug-likeness (QED) is 0.243. The summed E-state index contributed by atoms with van der Waals surface area (Å²) in [7, 11) is 0. The van der Waals surface area contributed by atoms with Gasteiger partial charge in [-0.3, -0.25) is 0 Å². The first-order valence-corrected chi connectivity index (χ1v) is 1.64. The van der Waals surface area contributed by atoms with E-state index in [-0.39, 0.29) is 67.9 Å². The van der Waals surface area contributed by atoms with Crippen LogP contribution in [0.3, 0.4) is 0 Å². The van der Waals surface area contributed by atoms with Crippen molar-refractivity contribution in [2.45, 2.75) is 0 Å². The molecule has 0 spiro atoms. The largest absolute Gasteiger partial charge is 2.00 e. The van der Waals surface area contributed by atoms with Gasteiger partial charge in [-0.25, -0.2) is 0 Å². The topological polar surface area (TPSA) is 199 Å². The van der Waals surface area contributed by atoms with Gasteiger partial charge in [0.05, 0.1) is 15.3 Å². The van der Waals surface area contributed by atoms with Crippen LogP contribution in [0.15, 0.2) is 0 Å². The summed E-state index contributed by atoms with van der Waals surface area (Å²) in [4.78, 5) is 24.8. The Hall–Kier alpha value is -0.270. The SMILES string of the molecule is O=[N+]([O-])[O-].O=[N+]([O-])[O-].O=[N+]([O-])[O-].[K+].[Ni+2]. The van der Waals surface area contributed by atoms with Crippen molar-refractivity contribution in [2.24, 2.45) is 0 Å². The molecule has 0 rings (SSSR count). The Kier molecular flexibility index (Phi) is 47.9. The second-order valence-electron chi connectivity index (χ2n) is 0.671. The number of hydrogen-bond acceptors (Lipinski definition) is 9. The maximum atomic E-state index is 8.25. The fourth-order valence-electron chi connectivity index (χ4n) is 0. The van der Waals surface area contributed by atoms with Crippen LogP contribution in [0.4, 0.5) is 0 Å². The molecule has 0 bridgehead atoms. The molecular weight excluding hydrogens is 284 g/mol. The molecule has 0 saturated carbocycles. The molecule has 0 aromatic carbocycles. The van der Waals surface area contributed by atoms with Crippen molar-refractivity contribution in [2.75, 3.05) is 0 Å². The van der Waals surface area contributed by atoms with E-state index in [0.29, 0.717) is 0 Å². The van der Waals surface area contributed by atoms with E-state index in [4.69, 9.17) is 46.0 Å². The van der Waals surface area contributed by atoms with Crippen LogP contribution in [0, 0.1) is 46.0 Å². The van der Waals surface area contributed by atoms with E-state index in [1.165, 1.54) is 0 Å². The normalized spacial score (nSPS) is 5.14. The molecular formula is KN3NiO9. The summed E-state index contributed by atoms with van der Waals surface area (Å²) in [5.41, 5.74) is 0. The van der Waals surface area contributed by atoms with Crippen LogP contribution in [0.1, 0.15) is 0 Å². The third kappa shape index (κ3) is 18500. The van der Waals surface area contributed by atoms with Gasteiger partial charge in [0.25, 0.3) is 0 Å². The zero-order chi connectivity index (χ0) is 10.7. The van der Waals surface area contributed by atoms with E-state index in [0.717, 1.165) is 0 Å². The zero-order valence-electron chi connectivity index (χ0n) is 6.33. The number of hydrogen-bond donors (Lipinski definition) is 0. The summed E-state index contributed by atoms with van der Waals surface area (Å²) in [5.74, 6) is 0. The minimum Gasteiger partial charge on any atom is -0.356 e. The zero-order valence-corrected chi connectivity index (χ0v) is 10.4. The first-order valence-electron chi connectivity index (χ1n) is 1.64. The Labute approximate surface area is 128 Å². The summed E-state index contributed by atoms with van der Waals surface area (Å²) in [6.45, 7) is 0. The summed E-state index contributed by atoms with van der Waals surface area (Å²) in [5, 5.41) is 44.2. The first-order chi connectivity index (χ1) is 5.20. The van der Waals surface area contributed by atoms with Gasteiger partial charge in [0, 0.05) is 0 Å². The summed E-state index contributed by atoms with van der Waals surface area (Å²) in [6.07, 6.45) is 0. The van der Waals surface area contributed by atoms with Crippen molar-refractivity contribution in [1.82, 2.24) is 0 Å². The van der Waals surface area contributed by atoms with Crippen molar-refractivity contribution in [1.29, 1.82) is 0 Å². The van der Waals surface area contributed by atoms with E-state index >= 15 is 0 Å². The number of nitrogens with zero attached hydrogens (tertiary/aromatic N) is 3. The third-order valence-corrected chi connectivity index (χ3v) is 0. The Bertz CT molecular complexity index is 118. The maximum absolute atomic E-state index is 8.25. The molecule has 0 N–H and O–H groups in total. The average molecular weight is 284 g/mol. The van der Waals surface area contributed by atoms with Gasteiger partial charge in [-0.2, -0.15) is 0 Å². The summed E-state index contributed by atoms with van der Waals surface area (Å²) in [6, 6.07) is 0. The van der Waals surface area contributed by atoms with Crippen molar-refractivity contribution < 1.29 is 83.1 Å². The maximum Gasteiger partial charge on any atom is 2.00 e. The monoisotopic (exact) mass is 283 g/mol. The van der Waals surface area contributed by atoms with Gasteiger partial charge in [-0.05, 0) is 0 Å². The Morgan fingerprint density at radius 1 is 0.571 bits per heavy atom. The predicted octanol–water partition coefficient (Wildman–Crippen LogP) is -3.72. The van der Waals surface area contributed by atoms with Gasteiger partial charge in [-0.15, -0.1) is 0 Å². The summed E-state index contributed by atoms with van der Waals surface area (Å²) >= 11 is 0. The molecule has 0 radical (unpaired) electrons. The minimum atomic E-state index is -1.75. The fourth-order valence-corrected chi connectivity index (χ4v) is 0. The van der Waals surface area contributed by atoms with E-state index in [9.17, 15) is 0 Å². The molecule has 14 heteroatoms. The molecule has 0 unspecified atom stereocenters. The molecule has 14 heavy (non-hydrogen) atoms. The molecule has 0 saturated heterocycles. The van der Waals surface area contributed by atoms with Crippen LogP contribution in [0.5, 0.6) is 0 Å². The fraction of sp³-hybridized carbons (Fsp3) is 0. The van der Waals surface area contributed by atoms with Gasteiger partial charge >= 0.3 is 67.9 Å². The smallest absolute Gasteiger partial charge is 0.356 e. The molecule has 0 aromatic heterocycles. The molecule has 0 aromatic rings. The van der Waals surface area contributed by atoms with Crippen molar-refractivity contribution in [3.05, 3.63) is 46.0 Å². The molecule has 0 heterocycles. The molecule has 0 aliphatic rings. The second kappa shape index (κ2) is 23.0.